The average molecular weight is 377 g/mol. The maximum absolute atomic E-state index is 12.5. The van der Waals surface area contributed by atoms with Crippen molar-refractivity contribution in [1.82, 2.24) is 15.0 Å². The quantitative estimate of drug-likeness (QED) is 0.758. The third-order valence-corrected chi connectivity index (χ3v) is 5.50. The summed E-state index contributed by atoms with van der Waals surface area (Å²) in [5.41, 5.74) is 0. The zero-order valence-corrected chi connectivity index (χ0v) is 15.4. The van der Waals surface area contributed by atoms with Gasteiger partial charge in [0.05, 0.1) is 4.88 Å². The zero-order chi connectivity index (χ0) is 18.4. The van der Waals surface area contributed by atoms with Crippen LogP contribution in [-0.2, 0) is 16.0 Å². The lowest BCUT2D eigenvalue weighted by Gasteiger charge is -2.35. The second-order valence-electron chi connectivity index (χ2n) is 6.51. The summed E-state index contributed by atoms with van der Waals surface area (Å²) in [6.45, 7) is 0.728. The van der Waals surface area contributed by atoms with Crippen molar-refractivity contribution in [2.24, 2.45) is 0 Å². The molecule has 7 nitrogen and oxygen atoms in total. The minimum absolute atomic E-state index is 0.0567. The molecule has 2 aromatic rings. The Morgan fingerprint density at radius 2 is 2.23 bits per heavy atom. The number of piperidine rings is 1. The lowest BCUT2D eigenvalue weighted by Crippen LogP contribution is -2.43. The molecule has 8 heteroatoms. The Balaban J connectivity index is 1.47. The number of hydrogen-bond acceptors (Lipinski definition) is 6. The number of hydrogen-bond donors (Lipinski definition) is 1. The van der Waals surface area contributed by atoms with Crippen molar-refractivity contribution >= 4 is 23.2 Å². The van der Waals surface area contributed by atoms with Crippen LogP contribution >= 0.6 is 11.3 Å². The van der Waals surface area contributed by atoms with Gasteiger partial charge < -0.3 is 14.5 Å². The fourth-order valence-corrected chi connectivity index (χ4v) is 3.97. The maximum Gasteiger partial charge on any atom is 0.303 e. The number of rotatable bonds is 8. The fourth-order valence-electron chi connectivity index (χ4n) is 3.32. The van der Waals surface area contributed by atoms with Crippen molar-refractivity contribution in [3.63, 3.8) is 0 Å². The van der Waals surface area contributed by atoms with Crippen LogP contribution in [0.2, 0.25) is 0 Å². The van der Waals surface area contributed by atoms with Crippen molar-refractivity contribution in [3.8, 4) is 10.7 Å². The third kappa shape index (κ3) is 4.91. The van der Waals surface area contributed by atoms with Crippen LogP contribution in [0.15, 0.2) is 22.0 Å². The first-order valence-corrected chi connectivity index (χ1v) is 9.89. The number of carbonyl (C=O) groups is 2. The molecule has 0 saturated carbocycles. The van der Waals surface area contributed by atoms with Gasteiger partial charge in [0.2, 0.25) is 17.6 Å². The van der Waals surface area contributed by atoms with E-state index in [2.05, 4.69) is 10.1 Å². The molecule has 0 bridgehead atoms. The van der Waals surface area contributed by atoms with E-state index in [1.165, 1.54) is 0 Å². The Hall–Kier alpha value is -2.22. The summed E-state index contributed by atoms with van der Waals surface area (Å²) >= 11 is 1.56. The first-order valence-electron chi connectivity index (χ1n) is 9.01. The summed E-state index contributed by atoms with van der Waals surface area (Å²) in [6, 6.07) is 3.94. The summed E-state index contributed by atoms with van der Waals surface area (Å²) in [5.74, 6) is 0.423. The standard InChI is InChI=1S/C18H23N3O4S/c22-16(21-11-2-1-5-13(21)9-10-17(23)24)8-3-7-15-19-18(20-25-15)14-6-4-12-26-14/h4,6,12-13H,1-3,5,7-11H2,(H,23,24). The number of aromatic nitrogens is 2. The van der Waals surface area contributed by atoms with Crippen molar-refractivity contribution < 1.29 is 19.2 Å². The van der Waals surface area contributed by atoms with E-state index in [0.717, 1.165) is 30.7 Å². The second kappa shape index (κ2) is 8.93. The monoisotopic (exact) mass is 377 g/mol. The van der Waals surface area contributed by atoms with Gasteiger partial charge in [-0.25, -0.2) is 0 Å². The van der Waals surface area contributed by atoms with E-state index < -0.39 is 5.97 Å². The van der Waals surface area contributed by atoms with E-state index in [4.69, 9.17) is 9.63 Å². The first-order chi connectivity index (χ1) is 12.6. The fraction of sp³-hybridized carbons (Fsp3) is 0.556. The number of carbonyl (C=O) groups excluding carboxylic acids is 1. The van der Waals surface area contributed by atoms with Gasteiger partial charge >= 0.3 is 5.97 Å². The van der Waals surface area contributed by atoms with Crippen LogP contribution in [-0.4, -0.2) is 44.6 Å². The van der Waals surface area contributed by atoms with Gasteiger partial charge in [-0.2, -0.15) is 4.98 Å². The second-order valence-corrected chi connectivity index (χ2v) is 7.46. The molecule has 1 unspecified atom stereocenters. The number of aliphatic carboxylic acids is 1. The van der Waals surface area contributed by atoms with Gasteiger partial charge in [0.1, 0.15) is 0 Å². The average Bonchev–Trinajstić information content (AvgIpc) is 3.31. The highest BCUT2D eigenvalue weighted by Gasteiger charge is 2.26. The summed E-state index contributed by atoms with van der Waals surface area (Å²) in [6.07, 6.45) is 5.22. The van der Waals surface area contributed by atoms with Crippen molar-refractivity contribution in [3.05, 3.63) is 23.4 Å². The van der Waals surface area contributed by atoms with E-state index in [1.54, 1.807) is 11.3 Å². The highest BCUT2D eigenvalue weighted by Crippen LogP contribution is 2.23. The van der Waals surface area contributed by atoms with Crippen molar-refractivity contribution in [2.45, 2.75) is 57.4 Å². The number of nitrogens with zero attached hydrogens (tertiary/aromatic N) is 3. The molecule has 140 valence electrons. The molecule has 1 saturated heterocycles. The molecule has 1 fully saturated rings. The molecule has 0 spiro atoms. The normalized spacial score (nSPS) is 17.4. The predicted octanol–water partition coefficient (Wildman–Crippen LogP) is 3.37. The summed E-state index contributed by atoms with van der Waals surface area (Å²) < 4.78 is 5.26. The summed E-state index contributed by atoms with van der Waals surface area (Å²) in [4.78, 5) is 30.6. The predicted molar refractivity (Wildman–Crippen MR) is 96.8 cm³/mol. The molecule has 1 aliphatic rings. The van der Waals surface area contributed by atoms with E-state index in [-0.39, 0.29) is 18.4 Å². The van der Waals surface area contributed by atoms with Crippen LogP contribution in [0.5, 0.6) is 0 Å². The molecule has 1 amide bonds. The molecule has 0 aromatic carbocycles. The van der Waals surface area contributed by atoms with Crippen molar-refractivity contribution in [1.29, 1.82) is 0 Å². The molecule has 1 N–H and O–H groups in total. The number of aryl methyl sites for hydroxylation is 1. The number of carboxylic acids is 1. The van der Waals surface area contributed by atoms with E-state index >= 15 is 0 Å². The van der Waals surface area contributed by atoms with E-state index in [1.807, 2.05) is 22.4 Å². The molecule has 0 aliphatic carbocycles. The zero-order valence-electron chi connectivity index (χ0n) is 14.6. The van der Waals surface area contributed by atoms with Gasteiger partial charge in [-0.1, -0.05) is 11.2 Å². The Morgan fingerprint density at radius 1 is 1.35 bits per heavy atom. The van der Waals surface area contributed by atoms with Crippen LogP contribution in [0.25, 0.3) is 10.7 Å². The molecule has 1 atom stereocenters. The largest absolute Gasteiger partial charge is 0.481 e. The molecule has 1 aliphatic heterocycles. The van der Waals surface area contributed by atoms with Gasteiger partial charge in [0.15, 0.2) is 0 Å². The molecule has 0 radical (unpaired) electrons. The lowest BCUT2D eigenvalue weighted by atomic mass is 9.97. The summed E-state index contributed by atoms with van der Waals surface area (Å²) in [7, 11) is 0. The van der Waals surface area contributed by atoms with Gasteiger partial charge in [-0.15, -0.1) is 11.3 Å². The maximum atomic E-state index is 12.5. The van der Waals surface area contributed by atoms with Gasteiger partial charge in [-0.05, 0) is 43.6 Å². The highest BCUT2D eigenvalue weighted by molar-refractivity contribution is 7.13. The lowest BCUT2D eigenvalue weighted by molar-refractivity contribution is -0.140. The molecular weight excluding hydrogens is 354 g/mol. The number of thiophene rings is 1. The molecule has 3 rings (SSSR count). The smallest absolute Gasteiger partial charge is 0.303 e. The molecule has 3 heterocycles. The molecule has 2 aromatic heterocycles. The number of likely N-dealkylation sites (tertiary alicyclic amines) is 1. The number of carboxylic acid groups (broad SMARTS) is 1. The van der Waals surface area contributed by atoms with Crippen molar-refractivity contribution in [2.75, 3.05) is 6.54 Å². The van der Waals surface area contributed by atoms with Crippen LogP contribution in [0, 0.1) is 0 Å². The van der Waals surface area contributed by atoms with Gasteiger partial charge in [0.25, 0.3) is 0 Å². The van der Waals surface area contributed by atoms with E-state index in [0.29, 0.717) is 37.4 Å². The van der Waals surface area contributed by atoms with Gasteiger partial charge in [-0.3, -0.25) is 9.59 Å². The highest BCUT2D eigenvalue weighted by atomic mass is 32.1. The Labute approximate surface area is 156 Å². The first kappa shape index (κ1) is 18.6. The Bertz CT molecular complexity index is 729. The number of amides is 1. The Kier molecular flexibility index (Phi) is 6.38. The van der Waals surface area contributed by atoms with Crippen LogP contribution < -0.4 is 0 Å². The topological polar surface area (TPSA) is 96.5 Å². The SMILES string of the molecule is O=C(O)CCC1CCCCN1C(=O)CCCc1nc(-c2cccs2)no1. The van der Waals surface area contributed by atoms with Crippen LogP contribution in [0.3, 0.4) is 0 Å². The minimum atomic E-state index is -0.805. The van der Waals surface area contributed by atoms with Crippen LogP contribution in [0.4, 0.5) is 0 Å². The van der Waals surface area contributed by atoms with Crippen LogP contribution in [0.1, 0.15) is 50.8 Å². The summed E-state index contributed by atoms with van der Waals surface area (Å²) in [5, 5.41) is 14.8. The minimum Gasteiger partial charge on any atom is -0.481 e. The molecular formula is C18H23N3O4S. The van der Waals surface area contributed by atoms with Gasteiger partial charge in [0, 0.05) is 31.8 Å². The molecule has 26 heavy (non-hydrogen) atoms. The van der Waals surface area contributed by atoms with E-state index in [9.17, 15) is 9.59 Å². The third-order valence-electron chi connectivity index (χ3n) is 4.63. The Morgan fingerprint density at radius 3 is 3.00 bits per heavy atom.